The van der Waals surface area contributed by atoms with Crippen molar-refractivity contribution < 1.29 is 63.7 Å². The number of rotatable bonds is 10. The second-order valence-corrected chi connectivity index (χ2v) is 13.1. The fraction of sp³-hybridized carbons (Fsp3) is 0.143. The molecule has 18 heteroatoms. The van der Waals surface area contributed by atoms with Crippen LogP contribution in [-0.2, 0) is 15.9 Å². The number of nitrogens with one attached hydrogen (secondary N) is 2. The summed E-state index contributed by atoms with van der Waals surface area (Å²) in [5.74, 6) is -3.58. The summed E-state index contributed by atoms with van der Waals surface area (Å²) in [6.07, 6.45) is -10.2. The number of furan rings is 2. The average molecular weight is 833 g/mol. The Morgan fingerprint density at radius 3 is 1.98 bits per heavy atom. The van der Waals surface area contributed by atoms with Crippen molar-refractivity contribution in [1.29, 1.82) is 0 Å². The molecule has 0 saturated heterocycles. The van der Waals surface area contributed by atoms with Crippen LogP contribution in [0.25, 0.3) is 66.4 Å². The van der Waals surface area contributed by atoms with Crippen molar-refractivity contribution in [1.82, 2.24) is 9.97 Å². The molecule has 0 atom stereocenters. The fourth-order valence-corrected chi connectivity index (χ4v) is 6.95. The standard InChI is InChI=1S/C42H26F6N2O10/c1-2-55-39(53)31-29(21-8-7-9-22(19-21)59-41(43,44)45)35-34(50-37(31)51)25-18-20(14-15-27(25)58-35)16-17-56-40(54)32-30(23-10-3-6-13-28(23)60-42(46,47)48)36-33(49-38(32)52)24-11-4-5-12-26(24)57-36/h3-15,18-19H,2,16-17H2,1H3,(H,49,52)(H,50,51). The summed E-state index contributed by atoms with van der Waals surface area (Å²) in [7, 11) is 0. The van der Waals surface area contributed by atoms with Gasteiger partial charge in [0.05, 0.1) is 29.8 Å². The number of aromatic amines is 2. The van der Waals surface area contributed by atoms with E-state index in [4.69, 9.17) is 18.3 Å². The number of hydrogen-bond acceptors (Lipinski definition) is 10. The van der Waals surface area contributed by atoms with E-state index in [1.165, 1.54) is 43.3 Å². The van der Waals surface area contributed by atoms with Gasteiger partial charge in [0.1, 0.15) is 33.8 Å². The first-order chi connectivity index (χ1) is 28.6. The predicted molar refractivity (Wildman–Crippen MR) is 203 cm³/mol. The van der Waals surface area contributed by atoms with Crippen molar-refractivity contribution in [3.05, 3.63) is 128 Å². The molecule has 4 aromatic heterocycles. The van der Waals surface area contributed by atoms with E-state index in [2.05, 4.69) is 19.4 Å². The van der Waals surface area contributed by atoms with Gasteiger partial charge in [-0.2, -0.15) is 0 Å². The summed E-state index contributed by atoms with van der Waals surface area (Å²) in [6, 6.07) is 20.7. The van der Waals surface area contributed by atoms with Gasteiger partial charge in [0, 0.05) is 28.3 Å². The Labute approximate surface area is 330 Å². The first-order valence-electron chi connectivity index (χ1n) is 17.8. The Morgan fingerprint density at radius 2 is 1.27 bits per heavy atom. The summed E-state index contributed by atoms with van der Waals surface area (Å²) in [5, 5.41) is 0.734. The van der Waals surface area contributed by atoms with Crippen molar-refractivity contribution in [3.63, 3.8) is 0 Å². The number of aromatic nitrogens is 2. The molecule has 60 heavy (non-hydrogen) atoms. The molecule has 8 aromatic rings. The van der Waals surface area contributed by atoms with E-state index in [0.29, 0.717) is 16.3 Å². The van der Waals surface area contributed by atoms with E-state index in [9.17, 15) is 45.5 Å². The zero-order chi connectivity index (χ0) is 42.5. The molecule has 0 amide bonds. The van der Waals surface area contributed by atoms with Crippen LogP contribution in [0.5, 0.6) is 11.5 Å². The van der Waals surface area contributed by atoms with Crippen LogP contribution in [-0.4, -0.2) is 47.8 Å². The molecule has 306 valence electrons. The quantitative estimate of drug-likeness (QED) is 0.100. The summed E-state index contributed by atoms with van der Waals surface area (Å²) in [6.45, 7) is 1.02. The van der Waals surface area contributed by atoms with Crippen LogP contribution in [0.2, 0.25) is 0 Å². The van der Waals surface area contributed by atoms with Crippen LogP contribution in [0.4, 0.5) is 26.3 Å². The third kappa shape index (κ3) is 7.49. The number of ether oxygens (including phenoxy) is 4. The molecule has 4 heterocycles. The molecule has 0 aliphatic rings. The fourth-order valence-electron chi connectivity index (χ4n) is 6.95. The molecule has 8 rings (SSSR count). The average Bonchev–Trinajstić information content (AvgIpc) is 3.73. The highest BCUT2D eigenvalue weighted by molar-refractivity contribution is 6.13. The second kappa shape index (κ2) is 15.0. The maximum absolute atomic E-state index is 13.8. The zero-order valence-corrected chi connectivity index (χ0v) is 30.6. The summed E-state index contributed by atoms with van der Waals surface area (Å²) < 4.78 is 111. The van der Waals surface area contributed by atoms with Crippen molar-refractivity contribution in [2.75, 3.05) is 13.2 Å². The highest BCUT2D eigenvalue weighted by Gasteiger charge is 2.35. The molecule has 0 aliphatic carbocycles. The lowest BCUT2D eigenvalue weighted by atomic mass is 9.98. The number of esters is 2. The minimum Gasteiger partial charge on any atom is -0.462 e. The highest BCUT2D eigenvalue weighted by atomic mass is 19.4. The lowest BCUT2D eigenvalue weighted by molar-refractivity contribution is -0.275. The van der Waals surface area contributed by atoms with Crippen LogP contribution < -0.4 is 20.6 Å². The van der Waals surface area contributed by atoms with Crippen molar-refractivity contribution >= 4 is 56.1 Å². The number of hydrogen-bond donors (Lipinski definition) is 2. The number of alkyl halides is 6. The SMILES string of the molecule is CCOC(=O)c1c(-c2cccc(OC(F)(F)F)c2)c2oc3ccc(CCOC(=O)c4c(-c5ccccc5OC(F)(F)F)c5oc6ccccc6c5[nH]c4=O)cc3c2[nH]c1=O. The van der Waals surface area contributed by atoms with Gasteiger partial charge < -0.3 is 37.7 Å². The Kier molecular flexibility index (Phi) is 9.85. The monoisotopic (exact) mass is 832 g/mol. The van der Waals surface area contributed by atoms with Gasteiger partial charge in [-0.1, -0.05) is 48.5 Å². The molecule has 0 bridgehead atoms. The summed E-state index contributed by atoms with van der Waals surface area (Å²) in [5.41, 5.74) is -2.80. The second-order valence-electron chi connectivity index (χ2n) is 13.1. The molecule has 0 spiro atoms. The molecular weight excluding hydrogens is 806 g/mol. The van der Waals surface area contributed by atoms with Crippen LogP contribution >= 0.6 is 0 Å². The molecule has 2 N–H and O–H groups in total. The molecule has 0 unspecified atom stereocenters. The van der Waals surface area contributed by atoms with E-state index in [1.807, 2.05) is 0 Å². The summed E-state index contributed by atoms with van der Waals surface area (Å²) in [4.78, 5) is 59.1. The lowest BCUT2D eigenvalue weighted by Gasteiger charge is -2.15. The third-order valence-electron chi connectivity index (χ3n) is 9.28. The van der Waals surface area contributed by atoms with E-state index in [1.54, 1.807) is 36.4 Å². The number of pyridine rings is 2. The smallest absolute Gasteiger partial charge is 0.462 e. The number of H-pyrrole nitrogens is 2. The van der Waals surface area contributed by atoms with Gasteiger partial charge in [0.2, 0.25) is 0 Å². The van der Waals surface area contributed by atoms with Gasteiger partial charge in [-0.05, 0) is 60.5 Å². The molecule has 0 radical (unpaired) electrons. The number of fused-ring (bicyclic) bond motifs is 6. The van der Waals surface area contributed by atoms with Gasteiger partial charge in [-0.15, -0.1) is 26.3 Å². The molecule has 12 nitrogen and oxygen atoms in total. The third-order valence-corrected chi connectivity index (χ3v) is 9.28. The number of para-hydroxylation sites is 2. The maximum atomic E-state index is 13.8. The Balaban J connectivity index is 1.15. The van der Waals surface area contributed by atoms with E-state index in [-0.39, 0.29) is 75.3 Å². The molecule has 0 aliphatic heterocycles. The first-order valence-corrected chi connectivity index (χ1v) is 17.8. The first kappa shape index (κ1) is 39.3. The van der Waals surface area contributed by atoms with Gasteiger partial charge >= 0.3 is 24.7 Å². The normalized spacial score (nSPS) is 12.1. The van der Waals surface area contributed by atoms with E-state index < -0.39 is 58.4 Å². The Morgan fingerprint density at radius 1 is 0.650 bits per heavy atom. The molecule has 4 aromatic carbocycles. The van der Waals surface area contributed by atoms with Gasteiger partial charge in [0.15, 0.2) is 11.2 Å². The largest absolute Gasteiger partial charge is 0.573 e. The van der Waals surface area contributed by atoms with Crippen molar-refractivity contribution in [3.8, 4) is 33.8 Å². The van der Waals surface area contributed by atoms with Gasteiger partial charge in [-0.3, -0.25) is 9.59 Å². The maximum Gasteiger partial charge on any atom is 0.573 e. The van der Waals surface area contributed by atoms with Crippen LogP contribution in [0.15, 0.2) is 109 Å². The van der Waals surface area contributed by atoms with E-state index >= 15 is 0 Å². The number of carbonyl (C=O) groups excluding carboxylic acids is 2. The molecular formula is C42H26F6N2O10. The van der Waals surface area contributed by atoms with Crippen LogP contribution in [0.1, 0.15) is 33.2 Å². The predicted octanol–water partition coefficient (Wildman–Crippen LogP) is 9.57. The minimum atomic E-state index is -5.12. The Bertz CT molecular complexity index is 3120. The lowest BCUT2D eigenvalue weighted by Crippen LogP contribution is -2.23. The van der Waals surface area contributed by atoms with Crippen LogP contribution in [0.3, 0.4) is 0 Å². The Hall–Kier alpha value is -7.50. The van der Waals surface area contributed by atoms with Gasteiger partial charge in [-0.25, -0.2) is 9.59 Å². The molecule has 0 fully saturated rings. The number of carbonyl (C=O) groups is 2. The molecule has 0 saturated carbocycles. The van der Waals surface area contributed by atoms with Crippen molar-refractivity contribution in [2.45, 2.75) is 26.1 Å². The topological polar surface area (TPSA) is 163 Å². The van der Waals surface area contributed by atoms with Gasteiger partial charge in [0.25, 0.3) is 11.1 Å². The number of halogens is 6. The highest BCUT2D eigenvalue weighted by Crippen LogP contribution is 2.42. The summed E-state index contributed by atoms with van der Waals surface area (Å²) >= 11 is 0. The van der Waals surface area contributed by atoms with Crippen LogP contribution in [0, 0.1) is 0 Å². The zero-order valence-electron chi connectivity index (χ0n) is 30.6. The number of benzene rings is 4. The minimum absolute atomic E-state index is 0.00291. The van der Waals surface area contributed by atoms with E-state index in [0.717, 1.165) is 18.2 Å². The van der Waals surface area contributed by atoms with Crippen molar-refractivity contribution in [2.24, 2.45) is 0 Å².